The van der Waals surface area contributed by atoms with Gasteiger partial charge in [0.1, 0.15) is 0 Å². The largest absolute Gasteiger partial charge is 0.353 e. The van der Waals surface area contributed by atoms with Crippen molar-refractivity contribution in [1.29, 1.82) is 0 Å². The summed E-state index contributed by atoms with van der Waals surface area (Å²) < 4.78 is 11.7. The molecule has 102 valence electrons. The molecule has 0 aliphatic heterocycles. The maximum atomic E-state index is 5.83. The van der Waals surface area contributed by atoms with Gasteiger partial charge in [-0.2, -0.15) is 0 Å². The zero-order valence-electron chi connectivity index (χ0n) is 12.2. The predicted octanol–water partition coefficient (Wildman–Crippen LogP) is 4.09. The minimum atomic E-state index is 0.0140. The van der Waals surface area contributed by atoms with Crippen LogP contribution in [0.3, 0.4) is 0 Å². The van der Waals surface area contributed by atoms with Gasteiger partial charge in [0, 0.05) is 19.1 Å². The zero-order valence-corrected chi connectivity index (χ0v) is 12.2. The summed E-state index contributed by atoms with van der Waals surface area (Å²) in [6, 6.07) is 0. The Kier molecular flexibility index (Phi) is 6.50. The molecule has 0 bridgehead atoms. The normalized spacial score (nSPS) is 30.2. The fourth-order valence-electron chi connectivity index (χ4n) is 3.21. The Hall–Kier alpha value is -0.0800. The minimum Gasteiger partial charge on any atom is -0.353 e. The summed E-state index contributed by atoms with van der Waals surface area (Å²) in [7, 11) is 0. The number of ether oxygens (including phenoxy) is 2. The Morgan fingerprint density at radius 2 is 1.59 bits per heavy atom. The van der Waals surface area contributed by atoms with E-state index in [-0.39, 0.29) is 6.29 Å². The molecule has 0 heterocycles. The van der Waals surface area contributed by atoms with Crippen LogP contribution in [0.5, 0.6) is 0 Å². The second kappa shape index (κ2) is 7.38. The fraction of sp³-hybridized carbons (Fsp3) is 1.00. The van der Waals surface area contributed by atoms with E-state index in [9.17, 15) is 0 Å². The molecule has 3 atom stereocenters. The maximum Gasteiger partial charge on any atom is 0.160 e. The van der Waals surface area contributed by atoms with Gasteiger partial charge in [0.15, 0.2) is 6.29 Å². The van der Waals surface area contributed by atoms with E-state index >= 15 is 0 Å². The Morgan fingerprint density at radius 1 is 1.00 bits per heavy atom. The van der Waals surface area contributed by atoms with Crippen molar-refractivity contribution in [2.45, 2.75) is 60.2 Å². The van der Waals surface area contributed by atoms with Gasteiger partial charge in [-0.15, -0.1) is 0 Å². The molecule has 0 spiro atoms. The van der Waals surface area contributed by atoms with E-state index < -0.39 is 0 Å². The van der Waals surface area contributed by atoms with Gasteiger partial charge in [-0.1, -0.05) is 27.2 Å². The Bertz CT molecular complexity index is 197. The monoisotopic (exact) mass is 242 g/mol. The van der Waals surface area contributed by atoms with Gasteiger partial charge in [-0.05, 0) is 44.4 Å². The smallest absolute Gasteiger partial charge is 0.160 e. The van der Waals surface area contributed by atoms with Gasteiger partial charge < -0.3 is 9.47 Å². The summed E-state index contributed by atoms with van der Waals surface area (Å²) >= 11 is 0. The van der Waals surface area contributed by atoms with Crippen molar-refractivity contribution >= 4 is 0 Å². The van der Waals surface area contributed by atoms with E-state index in [4.69, 9.17) is 9.47 Å². The minimum absolute atomic E-state index is 0.0140. The molecule has 0 aromatic rings. The summed E-state index contributed by atoms with van der Waals surface area (Å²) in [5, 5.41) is 0. The SMILES string of the molecule is CCOC(OCC)C1CC(C)CCC1C(C)C. The van der Waals surface area contributed by atoms with E-state index in [1.807, 2.05) is 0 Å². The molecule has 1 aliphatic rings. The van der Waals surface area contributed by atoms with Gasteiger partial charge in [0.25, 0.3) is 0 Å². The average molecular weight is 242 g/mol. The highest BCUT2D eigenvalue weighted by molar-refractivity contribution is 4.82. The van der Waals surface area contributed by atoms with Crippen molar-refractivity contribution in [1.82, 2.24) is 0 Å². The molecule has 3 unspecified atom stereocenters. The Balaban J connectivity index is 2.70. The number of hydrogen-bond donors (Lipinski definition) is 0. The van der Waals surface area contributed by atoms with E-state index in [2.05, 4.69) is 34.6 Å². The first-order valence-electron chi connectivity index (χ1n) is 7.33. The highest BCUT2D eigenvalue weighted by Gasteiger charge is 2.36. The lowest BCUT2D eigenvalue weighted by Crippen LogP contribution is -2.39. The zero-order chi connectivity index (χ0) is 12.8. The lowest BCUT2D eigenvalue weighted by atomic mass is 9.70. The van der Waals surface area contributed by atoms with Crippen molar-refractivity contribution in [3.8, 4) is 0 Å². The van der Waals surface area contributed by atoms with Crippen molar-refractivity contribution < 1.29 is 9.47 Å². The molecule has 1 saturated carbocycles. The van der Waals surface area contributed by atoms with Crippen LogP contribution in [0.15, 0.2) is 0 Å². The Morgan fingerprint density at radius 3 is 2.06 bits per heavy atom. The second-order valence-corrected chi connectivity index (χ2v) is 5.77. The molecular formula is C15H30O2. The first-order valence-corrected chi connectivity index (χ1v) is 7.33. The number of hydrogen-bond acceptors (Lipinski definition) is 2. The molecule has 1 rings (SSSR count). The van der Waals surface area contributed by atoms with Gasteiger partial charge >= 0.3 is 0 Å². The average Bonchev–Trinajstić information content (AvgIpc) is 2.28. The lowest BCUT2D eigenvalue weighted by molar-refractivity contribution is -0.190. The molecule has 1 aliphatic carbocycles. The molecule has 0 radical (unpaired) electrons. The van der Waals surface area contributed by atoms with E-state index in [1.165, 1.54) is 19.3 Å². The van der Waals surface area contributed by atoms with Gasteiger partial charge in [0.2, 0.25) is 0 Å². The van der Waals surface area contributed by atoms with Gasteiger partial charge in [0.05, 0.1) is 0 Å². The van der Waals surface area contributed by atoms with Gasteiger partial charge in [-0.25, -0.2) is 0 Å². The topological polar surface area (TPSA) is 18.5 Å². The first-order chi connectivity index (χ1) is 8.10. The van der Waals surface area contributed by atoms with Crippen LogP contribution in [0, 0.1) is 23.7 Å². The van der Waals surface area contributed by atoms with Crippen LogP contribution in [0.4, 0.5) is 0 Å². The fourth-order valence-corrected chi connectivity index (χ4v) is 3.21. The summed E-state index contributed by atoms with van der Waals surface area (Å²) in [4.78, 5) is 0. The van der Waals surface area contributed by atoms with Crippen molar-refractivity contribution in [3.05, 3.63) is 0 Å². The molecule has 0 aromatic heterocycles. The van der Waals surface area contributed by atoms with Crippen LogP contribution < -0.4 is 0 Å². The quantitative estimate of drug-likeness (QED) is 0.653. The summed E-state index contributed by atoms with van der Waals surface area (Å²) in [5.74, 6) is 2.89. The summed E-state index contributed by atoms with van der Waals surface area (Å²) in [6.45, 7) is 12.6. The third-order valence-electron chi connectivity index (χ3n) is 4.09. The highest BCUT2D eigenvalue weighted by Crippen LogP contribution is 2.40. The van der Waals surface area contributed by atoms with Crippen LogP contribution in [-0.2, 0) is 9.47 Å². The van der Waals surface area contributed by atoms with Crippen LogP contribution in [-0.4, -0.2) is 19.5 Å². The molecule has 1 fully saturated rings. The van der Waals surface area contributed by atoms with Crippen LogP contribution in [0.1, 0.15) is 53.9 Å². The van der Waals surface area contributed by atoms with Gasteiger partial charge in [-0.3, -0.25) is 0 Å². The van der Waals surface area contributed by atoms with E-state index in [1.54, 1.807) is 0 Å². The molecule has 2 nitrogen and oxygen atoms in total. The first kappa shape index (κ1) is 15.0. The number of rotatable bonds is 6. The third kappa shape index (κ3) is 4.26. The van der Waals surface area contributed by atoms with Crippen LogP contribution >= 0.6 is 0 Å². The molecule has 0 saturated heterocycles. The van der Waals surface area contributed by atoms with E-state index in [0.29, 0.717) is 5.92 Å². The molecule has 0 N–H and O–H groups in total. The van der Waals surface area contributed by atoms with E-state index in [0.717, 1.165) is 31.0 Å². The van der Waals surface area contributed by atoms with Crippen molar-refractivity contribution in [2.24, 2.45) is 23.7 Å². The van der Waals surface area contributed by atoms with Crippen LogP contribution in [0.25, 0.3) is 0 Å². The molecule has 2 heteroatoms. The summed E-state index contributed by atoms with van der Waals surface area (Å²) in [6.07, 6.45) is 3.97. The molecular weight excluding hydrogens is 212 g/mol. The predicted molar refractivity (Wildman–Crippen MR) is 71.9 cm³/mol. The highest BCUT2D eigenvalue weighted by atomic mass is 16.7. The second-order valence-electron chi connectivity index (χ2n) is 5.77. The molecule has 17 heavy (non-hydrogen) atoms. The maximum absolute atomic E-state index is 5.83. The van der Waals surface area contributed by atoms with Crippen molar-refractivity contribution in [3.63, 3.8) is 0 Å². The van der Waals surface area contributed by atoms with Crippen LogP contribution in [0.2, 0.25) is 0 Å². The molecule has 0 aromatic carbocycles. The standard InChI is InChI=1S/C15H30O2/c1-6-16-15(17-7-2)14-10-12(5)8-9-13(14)11(3)4/h11-15H,6-10H2,1-5H3. The third-order valence-corrected chi connectivity index (χ3v) is 4.09. The summed E-state index contributed by atoms with van der Waals surface area (Å²) in [5.41, 5.74) is 0. The van der Waals surface area contributed by atoms with Crippen molar-refractivity contribution in [2.75, 3.05) is 13.2 Å². The molecule has 0 amide bonds. The Labute approximate surface area is 107 Å². The lowest BCUT2D eigenvalue weighted by Gasteiger charge is -2.41.